The van der Waals surface area contributed by atoms with Crippen molar-refractivity contribution in [2.75, 3.05) is 20.2 Å². The molecule has 6 heteroatoms. The van der Waals surface area contributed by atoms with Gasteiger partial charge in [-0.15, -0.1) is 11.3 Å². The van der Waals surface area contributed by atoms with E-state index in [9.17, 15) is 4.79 Å². The minimum Gasteiger partial charge on any atom is -0.496 e. The maximum Gasteiger partial charge on any atom is 0.264 e. The van der Waals surface area contributed by atoms with Gasteiger partial charge in [0.1, 0.15) is 5.75 Å². The highest BCUT2D eigenvalue weighted by Crippen LogP contribution is 2.25. The Balaban J connectivity index is 2.06. The Morgan fingerprint density at radius 3 is 3.06 bits per heavy atom. The maximum absolute atomic E-state index is 12.3. The topological polar surface area (TPSA) is 55.6 Å². The third-order valence-corrected chi connectivity index (χ3v) is 4.36. The smallest absolute Gasteiger partial charge is 0.264 e. The number of carbonyl (C=O) groups excluding carboxylic acids is 1. The zero-order valence-electron chi connectivity index (χ0n) is 10.2. The number of hydrogen-bond donors (Lipinski definition) is 1. The second-order valence-corrected chi connectivity index (χ2v) is 5.73. The average Bonchev–Trinajstić information content (AvgIpc) is 2.86. The van der Waals surface area contributed by atoms with Crippen LogP contribution in [-0.2, 0) is 0 Å². The number of thiocarbonyl (C=S) groups is 1. The number of nitrogens with two attached hydrogens (primary N) is 1. The number of amides is 1. The lowest BCUT2D eigenvalue weighted by molar-refractivity contribution is 0.0708. The summed E-state index contributed by atoms with van der Waals surface area (Å²) in [6.45, 7) is 1.41. The van der Waals surface area contributed by atoms with E-state index in [4.69, 9.17) is 22.7 Å². The van der Waals surface area contributed by atoms with Crippen LogP contribution in [0.15, 0.2) is 11.4 Å². The molecule has 4 nitrogen and oxygen atoms in total. The number of carbonyl (C=O) groups is 1. The molecule has 1 aromatic rings. The van der Waals surface area contributed by atoms with E-state index in [1.54, 1.807) is 13.2 Å². The standard InChI is InChI=1S/C12H16N2O2S2/c1-16-9-5-10(18-7-9)12(15)14-4-2-3-8(6-14)11(13)17/h5,7-8H,2-4,6H2,1H3,(H2,13,17). The Bertz CT molecular complexity index is 459. The normalized spacial score (nSPS) is 19.6. The molecule has 2 rings (SSSR count). The highest BCUT2D eigenvalue weighted by Gasteiger charge is 2.26. The van der Waals surface area contributed by atoms with Gasteiger partial charge in [-0.05, 0) is 12.8 Å². The SMILES string of the molecule is COc1csc(C(=O)N2CCCC(C(N)=S)C2)c1. The molecule has 1 saturated heterocycles. The molecule has 0 spiro atoms. The lowest BCUT2D eigenvalue weighted by Gasteiger charge is -2.31. The third kappa shape index (κ3) is 2.81. The highest BCUT2D eigenvalue weighted by atomic mass is 32.1. The van der Waals surface area contributed by atoms with Crippen LogP contribution in [-0.4, -0.2) is 36.0 Å². The summed E-state index contributed by atoms with van der Waals surface area (Å²) in [6.07, 6.45) is 1.93. The fourth-order valence-electron chi connectivity index (χ4n) is 2.09. The summed E-state index contributed by atoms with van der Waals surface area (Å²) < 4.78 is 5.09. The van der Waals surface area contributed by atoms with Crippen LogP contribution in [0.4, 0.5) is 0 Å². The van der Waals surface area contributed by atoms with Crippen LogP contribution in [0.5, 0.6) is 5.75 Å². The Kier molecular flexibility index (Phi) is 4.19. The first kappa shape index (κ1) is 13.3. The Morgan fingerprint density at radius 2 is 2.44 bits per heavy atom. The monoisotopic (exact) mass is 284 g/mol. The summed E-state index contributed by atoms with van der Waals surface area (Å²) in [4.78, 5) is 15.3. The summed E-state index contributed by atoms with van der Waals surface area (Å²) in [7, 11) is 1.60. The maximum atomic E-state index is 12.3. The van der Waals surface area contributed by atoms with Crippen molar-refractivity contribution in [1.29, 1.82) is 0 Å². The highest BCUT2D eigenvalue weighted by molar-refractivity contribution is 7.80. The summed E-state index contributed by atoms with van der Waals surface area (Å²) >= 11 is 6.42. The Morgan fingerprint density at radius 1 is 1.67 bits per heavy atom. The Hall–Kier alpha value is -1.14. The van der Waals surface area contributed by atoms with Crippen LogP contribution >= 0.6 is 23.6 Å². The van der Waals surface area contributed by atoms with Crippen LogP contribution in [0.2, 0.25) is 0 Å². The van der Waals surface area contributed by atoms with Gasteiger partial charge in [-0.2, -0.15) is 0 Å². The van der Waals surface area contributed by atoms with E-state index >= 15 is 0 Å². The molecule has 18 heavy (non-hydrogen) atoms. The van der Waals surface area contributed by atoms with Gasteiger partial charge in [0.05, 0.1) is 17.0 Å². The van der Waals surface area contributed by atoms with Gasteiger partial charge in [0.15, 0.2) is 0 Å². The summed E-state index contributed by atoms with van der Waals surface area (Å²) in [5.74, 6) is 0.926. The number of methoxy groups -OCH3 is 1. The summed E-state index contributed by atoms with van der Waals surface area (Å²) in [6, 6.07) is 1.78. The first-order chi connectivity index (χ1) is 8.61. The number of thiophene rings is 1. The van der Waals surface area contributed by atoms with Crippen LogP contribution in [0, 0.1) is 5.92 Å². The van der Waals surface area contributed by atoms with Crippen molar-refractivity contribution in [1.82, 2.24) is 4.90 Å². The molecule has 1 atom stereocenters. The fraction of sp³-hybridized carbons (Fsp3) is 0.500. The molecule has 0 bridgehead atoms. The second-order valence-electron chi connectivity index (χ2n) is 4.34. The number of rotatable bonds is 3. The number of nitrogens with zero attached hydrogens (tertiary/aromatic N) is 1. The predicted octanol–water partition coefficient (Wildman–Crippen LogP) is 1.90. The van der Waals surface area contributed by atoms with Gasteiger partial charge in [-0.25, -0.2) is 0 Å². The van der Waals surface area contributed by atoms with Gasteiger partial charge in [-0.3, -0.25) is 4.79 Å². The van der Waals surface area contributed by atoms with Crippen molar-refractivity contribution in [3.63, 3.8) is 0 Å². The predicted molar refractivity (Wildman–Crippen MR) is 76.3 cm³/mol. The van der Waals surface area contributed by atoms with Crippen molar-refractivity contribution >= 4 is 34.5 Å². The average molecular weight is 284 g/mol. The number of likely N-dealkylation sites (tertiary alicyclic amines) is 1. The quantitative estimate of drug-likeness (QED) is 0.861. The van der Waals surface area contributed by atoms with Gasteiger partial charge in [0.2, 0.25) is 0 Å². The van der Waals surface area contributed by atoms with Crippen molar-refractivity contribution in [2.45, 2.75) is 12.8 Å². The zero-order chi connectivity index (χ0) is 13.1. The van der Waals surface area contributed by atoms with E-state index in [1.165, 1.54) is 11.3 Å². The molecular formula is C12H16N2O2S2. The van der Waals surface area contributed by atoms with Gasteiger partial charge in [0.25, 0.3) is 5.91 Å². The Labute approximate surface area is 116 Å². The first-order valence-electron chi connectivity index (χ1n) is 5.83. The van der Waals surface area contributed by atoms with Gasteiger partial charge >= 0.3 is 0 Å². The molecule has 0 radical (unpaired) electrons. The van der Waals surface area contributed by atoms with Gasteiger partial charge in [0, 0.05) is 30.5 Å². The molecule has 1 unspecified atom stereocenters. The number of piperidine rings is 1. The van der Waals surface area contributed by atoms with Crippen LogP contribution in [0.25, 0.3) is 0 Å². The molecule has 2 N–H and O–H groups in total. The molecule has 1 amide bonds. The van der Waals surface area contributed by atoms with Crippen LogP contribution < -0.4 is 10.5 Å². The van der Waals surface area contributed by atoms with Crippen molar-refractivity contribution in [3.05, 3.63) is 16.3 Å². The molecule has 1 fully saturated rings. The second kappa shape index (κ2) is 5.67. The van der Waals surface area contributed by atoms with E-state index in [1.807, 2.05) is 10.3 Å². The molecule has 1 aliphatic heterocycles. The van der Waals surface area contributed by atoms with Gasteiger partial charge in [-0.1, -0.05) is 12.2 Å². The fourth-order valence-corrected chi connectivity index (χ4v) is 3.10. The zero-order valence-corrected chi connectivity index (χ0v) is 11.9. The van der Waals surface area contributed by atoms with E-state index < -0.39 is 0 Å². The molecule has 98 valence electrons. The minimum atomic E-state index is 0.0456. The summed E-state index contributed by atoms with van der Waals surface area (Å²) in [5.41, 5.74) is 5.67. The van der Waals surface area contributed by atoms with Gasteiger partial charge < -0.3 is 15.4 Å². The van der Waals surface area contributed by atoms with Crippen molar-refractivity contribution < 1.29 is 9.53 Å². The molecule has 2 heterocycles. The molecule has 0 aliphatic carbocycles. The lowest BCUT2D eigenvalue weighted by Crippen LogP contribution is -2.43. The molecular weight excluding hydrogens is 268 g/mol. The minimum absolute atomic E-state index is 0.0456. The lowest BCUT2D eigenvalue weighted by atomic mass is 9.98. The number of hydrogen-bond acceptors (Lipinski definition) is 4. The van der Waals surface area contributed by atoms with Crippen LogP contribution in [0.1, 0.15) is 22.5 Å². The first-order valence-corrected chi connectivity index (χ1v) is 7.11. The van der Waals surface area contributed by atoms with E-state index in [-0.39, 0.29) is 11.8 Å². The largest absolute Gasteiger partial charge is 0.496 e. The van der Waals surface area contributed by atoms with E-state index in [0.717, 1.165) is 25.1 Å². The third-order valence-electron chi connectivity index (χ3n) is 3.13. The van der Waals surface area contributed by atoms with Crippen LogP contribution in [0.3, 0.4) is 0 Å². The molecule has 0 aromatic carbocycles. The molecule has 1 aliphatic rings. The number of ether oxygens (including phenoxy) is 1. The summed E-state index contributed by atoms with van der Waals surface area (Å²) in [5, 5.41) is 1.84. The van der Waals surface area contributed by atoms with E-state index in [0.29, 0.717) is 16.4 Å². The molecule has 1 aromatic heterocycles. The van der Waals surface area contributed by atoms with E-state index in [2.05, 4.69) is 0 Å². The van der Waals surface area contributed by atoms with Crippen molar-refractivity contribution in [3.8, 4) is 5.75 Å². The van der Waals surface area contributed by atoms with Crippen molar-refractivity contribution in [2.24, 2.45) is 11.7 Å². The molecule has 0 saturated carbocycles.